The molecule has 0 spiro atoms. The van der Waals surface area contributed by atoms with Crippen molar-refractivity contribution >= 4 is 17.7 Å². The maximum Gasteiger partial charge on any atom is 0.319 e. The van der Waals surface area contributed by atoms with Crippen LogP contribution in [0.2, 0.25) is 0 Å². The van der Waals surface area contributed by atoms with Crippen LogP contribution < -0.4 is 16.2 Å². The van der Waals surface area contributed by atoms with Crippen molar-refractivity contribution in [2.45, 2.75) is 33.2 Å². The fourth-order valence-corrected chi connectivity index (χ4v) is 3.84. The summed E-state index contributed by atoms with van der Waals surface area (Å²) in [5.74, 6) is -0.816. The van der Waals surface area contributed by atoms with Crippen LogP contribution in [-0.4, -0.2) is 28.3 Å². The molecule has 0 saturated heterocycles. The minimum Gasteiger partial charge on any atom is -0.505 e. The van der Waals surface area contributed by atoms with Gasteiger partial charge in [0.25, 0.3) is 5.56 Å². The average molecular weight is 464 g/mol. The van der Waals surface area contributed by atoms with E-state index in [-0.39, 0.29) is 24.5 Å². The number of aromatic nitrogens is 1. The van der Waals surface area contributed by atoms with E-state index in [1.54, 1.807) is 6.92 Å². The quantitative estimate of drug-likeness (QED) is 0.455. The Hall–Kier alpha value is -4.07. The zero-order valence-electron chi connectivity index (χ0n) is 19.7. The van der Waals surface area contributed by atoms with Crippen LogP contribution in [0.4, 0.5) is 10.5 Å². The van der Waals surface area contributed by atoms with Crippen LogP contribution in [0.15, 0.2) is 59.5 Å². The summed E-state index contributed by atoms with van der Waals surface area (Å²) in [5, 5.41) is 15.1. The Balaban J connectivity index is 1.86. The van der Waals surface area contributed by atoms with Crippen molar-refractivity contribution in [3.05, 3.63) is 81.8 Å². The third-order valence-electron chi connectivity index (χ3n) is 5.55. The topological polar surface area (TPSA) is 110 Å². The van der Waals surface area contributed by atoms with Gasteiger partial charge in [0.15, 0.2) is 5.69 Å². The molecule has 1 atom stereocenters. The number of nitrogens with one attached hydrogen (secondary N) is 2. The molecule has 1 heterocycles. The fourth-order valence-electron chi connectivity index (χ4n) is 3.84. The smallest absolute Gasteiger partial charge is 0.319 e. The highest BCUT2D eigenvalue weighted by Crippen LogP contribution is 2.29. The number of carbonyl (C=O) groups excluding carboxylic acids is 2. The minimum atomic E-state index is -0.730. The Morgan fingerprint density at radius 1 is 1.06 bits per heavy atom. The summed E-state index contributed by atoms with van der Waals surface area (Å²) in [7, 11) is 1.51. The summed E-state index contributed by atoms with van der Waals surface area (Å²) in [6.45, 7) is 6.03. The maximum atomic E-state index is 12.7. The van der Waals surface area contributed by atoms with E-state index >= 15 is 0 Å². The van der Waals surface area contributed by atoms with Gasteiger partial charge in [0, 0.05) is 13.2 Å². The summed E-state index contributed by atoms with van der Waals surface area (Å²) < 4.78 is 6.30. The number of hydrogen-bond acceptors (Lipinski definition) is 5. The molecule has 0 bridgehead atoms. The second-order valence-corrected chi connectivity index (χ2v) is 8.04. The van der Waals surface area contributed by atoms with Gasteiger partial charge in [0.1, 0.15) is 5.75 Å². The number of aromatic hydroxyl groups is 1. The molecule has 0 aliphatic rings. The van der Waals surface area contributed by atoms with Crippen LogP contribution >= 0.6 is 0 Å². The second-order valence-electron chi connectivity index (χ2n) is 8.04. The fraction of sp³-hybridized carbons (Fsp3) is 0.269. The highest BCUT2D eigenvalue weighted by molar-refractivity contribution is 5.91. The summed E-state index contributed by atoms with van der Waals surface area (Å²) in [6.07, 6.45) is 1.30. The van der Waals surface area contributed by atoms with Gasteiger partial charge in [0.2, 0.25) is 0 Å². The molecular formula is C26H29N3O5. The van der Waals surface area contributed by atoms with Crippen LogP contribution in [-0.2, 0) is 16.6 Å². The lowest BCUT2D eigenvalue weighted by molar-refractivity contribution is -0.143. The first-order valence-corrected chi connectivity index (χ1v) is 11.0. The molecule has 0 radical (unpaired) electrons. The summed E-state index contributed by atoms with van der Waals surface area (Å²) >= 11 is 0. The number of aryl methyl sites for hydroxylation is 3. The molecule has 8 heteroatoms. The number of carbonyl (C=O) groups is 2. The van der Waals surface area contributed by atoms with E-state index in [2.05, 4.69) is 36.6 Å². The molecule has 178 valence electrons. The molecule has 3 N–H and O–H groups in total. The SMILES string of the molecule is CCOC(=O)C[C@H](NC(=O)Nc1c(O)ccn(C)c1=O)c1ccc(-c2c(C)cccc2C)cc1. The first-order valence-electron chi connectivity index (χ1n) is 11.0. The summed E-state index contributed by atoms with van der Waals surface area (Å²) in [6, 6.07) is 13.6. The van der Waals surface area contributed by atoms with Gasteiger partial charge in [-0.25, -0.2) is 4.79 Å². The molecule has 2 aromatic carbocycles. The number of anilines is 1. The van der Waals surface area contributed by atoms with Gasteiger partial charge in [-0.1, -0.05) is 42.5 Å². The number of rotatable bonds is 7. The number of esters is 1. The Bertz CT molecular complexity index is 1230. The molecule has 2 amide bonds. The summed E-state index contributed by atoms with van der Waals surface area (Å²) in [4.78, 5) is 37.2. The van der Waals surface area contributed by atoms with Gasteiger partial charge in [-0.3, -0.25) is 9.59 Å². The molecule has 3 aromatic rings. The van der Waals surface area contributed by atoms with Crippen LogP contribution in [0.3, 0.4) is 0 Å². The molecular weight excluding hydrogens is 434 g/mol. The molecule has 0 unspecified atom stereocenters. The summed E-state index contributed by atoms with van der Waals surface area (Å²) in [5.41, 5.74) is 4.35. The van der Waals surface area contributed by atoms with E-state index in [9.17, 15) is 19.5 Å². The largest absolute Gasteiger partial charge is 0.505 e. The number of pyridine rings is 1. The molecule has 0 aliphatic carbocycles. The number of hydrogen-bond donors (Lipinski definition) is 3. The number of urea groups is 1. The van der Waals surface area contributed by atoms with Gasteiger partial charge in [0.05, 0.1) is 19.1 Å². The number of ether oxygens (including phenoxy) is 1. The van der Waals surface area contributed by atoms with Crippen LogP contribution in [0.25, 0.3) is 11.1 Å². The lowest BCUT2D eigenvalue weighted by Gasteiger charge is -2.20. The Morgan fingerprint density at radius 2 is 1.71 bits per heavy atom. The number of benzene rings is 2. The normalized spacial score (nSPS) is 11.5. The number of nitrogens with zero attached hydrogens (tertiary/aromatic N) is 1. The number of amides is 2. The predicted molar refractivity (Wildman–Crippen MR) is 131 cm³/mol. The highest BCUT2D eigenvalue weighted by Gasteiger charge is 2.21. The first-order chi connectivity index (χ1) is 16.2. The van der Waals surface area contributed by atoms with Gasteiger partial charge < -0.3 is 25.0 Å². The van der Waals surface area contributed by atoms with Crippen LogP contribution in [0.5, 0.6) is 5.75 Å². The maximum absolute atomic E-state index is 12.7. The van der Waals surface area contributed by atoms with Gasteiger partial charge in [-0.05, 0) is 54.7 Å². The van der Waals surface area contributed by atoms with E-state index in [4.69, 9.17) is 4.74 Å². The minimum absolute atomic E-state index is 0.0945. The Morgan fingerprint density at radius 3 is 2.32 bits per heavy atom. The first kappa shape index (κ1) is 24.6. The standard InChI is InChI=1S/C26H29N3O5/c1-5-34-22(31)15-20(27-26(33)28-24-21(30)13-14-29(4)25(24)32)18-9-11-19(12-10-18)23-16(2)7-6-8-17(23)3/h6-14,20,30H,5,15H2,1-4H3,(H2,27,28,33)/t20-/m0/s1. The molecule has 0 fully saturated rings. The predicted octanol–water partition coefficient (Wildman–Crippen LogP) is 4.19. The highest BCUT2D eigenvalue weighted by atomic mass is 16.5. The van der Waals surface area contributed by atoms with Crippen molar-refractivity contribution in [2.24, 2.45) is 7.05 Å². The zero-order chi connectivity index (χ0) is 24.8. The molecule has 8 nitrogen and oxygen atoms in total. The van der Waals surface area contributed by atoms with Gasteiger partial charge >= 0.3 is 12.0 Å². The lowest BCUT2D eigenvalue weighted by atomic mass is 9.94. The van der Waals surface area contributed by atoms with E-state index in [1.165, 1.54) is 23.9 Å². The van der Waals surface area contributed by atoms with Crippen molar-refractivity contribution in [1.82, 2.24) is 9.88 Å². The Kier molecular flexibility index (Phi) is 7.73. The van der Waals surface area contributed by atoms with Crippen molar-refractivity contribution in [1.29, 1.82) is 0 Å². The molecule has 0 aliphatic heterocycles. The monoisotopic (exact) mass is 463 g/mol. The lowest BCUT2D eigenvalue weighted by Crippen LogP contribution is -2.36. The van der Waals surface area contributed by atoms with Crippen molar-refractivity contribution in [2.75, 3.05) is 11.9 Å². The van der Waals surface area contributed by atoms with E-state index < -0.39 is 23.6 Å². The molecule has 1 aromatic heterocycles. The van der Waals surface area contributed by atoms with Crippen molar-refractivity contribution in [3.63, 3.8) is 0 Å². The third-order valence-corrected chi connectivity index (χ3v) is 5.55. The molecule has 0 saturated carbocycles. The Labute approximate surface area is 198 Å². The van der Waals surface area contributed by atoms with E-state index in [0.717, 1.165) is 22.3 Å². The van der Waals surface area contributed by atoms with E-state index in [0.29, 0.717) is 5.56 Å². The van der Waals surface area contributed by atoms with Crippen LogP contribution in [0.1, 0.15) is 36.1 Å². The van der Waals surface area contributed by atoms with Crippen molar-refractivity contribution in [3.8, 4) is 16.9 Å². The van der Waals surface area contributed by atoms with Gasteiger partial charge in [-0.15, -0.1) is 0 Å². The molecule has 3 rings (SSSR count). The van der Waals surface area contributed by atoms with Gasteiger partial charge in [-0.2, -0.15) is 0 Å². The second kappa shape index (κ2) is 10.7. The van der Waals surface area contributed by atoms with Crippen molar-refractivity contribution < 1.29 is 19.4 Å². The van der Waals surface area contributed by atoms with E-state index in [1.807, 2.05) is 30.3 Å². The zero-order valence-corrected chi connectivity index (χ0v) is 19.7. The third kappa shape index (κ3) is 5.64. The average Bonchev–Trinajstić information content (AvgIpc) is 2.79. The van der Waals surface area contributed by atoms with Crippen LogP contribution in [0, 0.1) is 13.8 Å². The molecule has 34 heavy (non-hydrogen) atoms.